The number of aromatic nitrogens is 4. The van der Waals surface area contributed by atoms with Crippen LogP contribution in [0.2, 0.25) is 10.3 Å². The maximum atomic E-state index is 13.1. The second-order valence-corrected chi connectivity index (χ2v) is 16.9. The van der Waals surface area contributed by atoms with E-state index in [9.17, 15) is 9.59 Å². The molecule has 12 heteroatoms. The maximum absolute atomic E-state index is 13.1. The Balaban J connectivity index is 0.968. The fourth-order valence-electron chi connectivity index (χ4n) is 7.65. The standard InChI is InChI=1S/C38H42Cl2N6O4/c1-37(2,3)49-35(47)45-25-15-23(25)17-27(45)33-41-29(31(39)43-33)21-11-7-19(8-12-21)20-9-13-22(14-10-20)30-32(40)44-34(42-30)28-18-24-16-26(24)46(28)36(48)50-38(4,5)6/h7-14,23-28H,15-18H2,1-6H3,(H,41,43)(H,42,44)/t23?,24?,25?,26?,27-,28-/m0/s1. The smallest absolute Gasteiger partial charge is 0.411 e. The number of nitrogens with zero attached hydrogens (tertiary/aromatic N) is 4. The third kappa shape index (κ3) is 6.25. The number of hydrogen-bond donors (Lipinski definition) is 2. The van der Waals surface area contributed by atoms with E-state index in [0.717, 1.165) is 59.3 Å². The fourth-order valence-corrected chi connectivity index (χ4v) is 8.15. The van der Waals surface area contributed by atoms with Gasteiger partial charge in [0, 0.05) is 23.2 Å². The number of hydrogen-bond acceptors (Lipinski definition) is 6. The van der Waals surface area contributed by atoms with Crippen LogP contribution in [-0.2, 0) is 9.47 Å². The average molecular weight is 718 g/mol. The molecule has 8 rings (SSSR count). The summed E-state index contributed by atoms with van der Waals surface area (Å²) in [7, 11) is 0. The number of halogens is 2. The number of benzene rings is 2. The van der Waals surface area contributed by atoms with Gasteiger partial charge < -0.3 is 19.4 Å². The first kappa shape index (κ1) is 33.1. The number of imidazole rings is 2. The van der Waals surface area contributed by atoms with Crippen molar-refractivity contribution in [2.24, 2.45) is 11.8 Å². The summed E-state index contributed by atoms with van der Waals surface area (Å²) in [6.45, 7) is 11.3. The van der Waals surface area contributed by atoms with Crippen molar-refractivity contribution in [1.82, 2.24) is 29.7 Å². The molecule has 2 aromatic heterocycles. The van der Waals surface area contributed by atoms with Crippen LogP contribution in [0.25, 0.3) is 33.6 Å². The molecule has 0 spiro atoms. The molecule has 2 N–H and O–H groups in total. The van der Waals surface area contributed by atoms with Gasteiger partial charge in [-0.2, -0.15) is 0 Å². The van der Waals surface area contributed by atoms with Crippen LogP contribution in [0.1, 0.15) is 91.0 Å². The lowest BCUT2D eigenvalue weighted by molar-refractivity contribution is 0.0164. The van der Waals surface area contributed by atoms with E-state index in [0.29, 0.717) is 33.8 Å². The van der Waals surface area contributed by atoms with E-state index >= 15 is 0 Å². The third-order valence-corrected chi connectivity index (χ3v) is 10.6. The van der Waals surface area contributed by atoms with Crippen molar-refractivity contribution < 1.29 is 19.1 Å². The number of carbonyl (C=O) groups excluding carboxylic acids is 2. The number of piperidine rings is 2. The van der Waals surface area contributed by atoms with Gasteiger partial charge in [0.05, 0.1) is 23.5 Å². The number of aromatic amines is 2. The van der Waals surface area contributed by atoms with Gasteiger partial charge in [0.2, 0.25) is 0 Å². The van der Waals surface area contributed by atoms with Gasteiger partial charge in [-0.15, -0.1) is 0 Å². The molecule has 262 valence electrons. The summed E-state index contributed by atoms with van der Waals surface area (Å²) in [6.07, 6.45) is 3.10. The largest absolute Gasteiger partial charge is 0.444 e. The number of H-pyrrole nitrogens is 2. The van der Waals surface area contributed by atoms with Gasteiger partial charge in [-0.05, 0) is 90.2 Å². The molecular formula is C38H42Cl2N6O4. The predicted octanol–water partition coefficient (Wildman–Crippen LogP) is 9.58. The van der Waals surface area contributed by atoms with Crippen molar-refractivity contribution in [3.8, 4) is 33.6 Å². The highest BCUT2D eigenvalue weighted by atomic mass is 35.5. The molecule has 4 aliphatic rings. The normalized spacial score (nSPS) is 25.4. The Kier molecular flexibility index (Phi) is 7.80. The van der Waals surface area contributed by atoms with E-state index in [4.69, 9.17) is 32.7 Å². The van der Waals surface area contributed by atoms with Crippen LogP contribution < -0.4 is 0 Å². The number of fused-ring (bicyclic) bond motifs is 2. The van der Waals surface area contributed by atoms with E-state index in [2.05, 4.69) is 44.2 Å². The SMILES string of the molecule is CC(C)(C)OC(=O)N1C2CC2C[C@H]1c1nc(Cl)c(-c2ccc(-c3ccc(-c4[nH]c([C@@H]5CC6CC6N5C(=O)OC(C)(C)C)nc4Cl)cc3)cc2)[nH]1. The number of rotatable bonds is 5. The van der Waals surface area contributed by atoms with Crippen LogP contribution in [0.15, 0.2) is 48.5 Å². The Labute approximate surface area is 301 Å². The van der Waals surface area contributed by atoms with Crippen molar-refractivity contribution in [2.45, 2.75) is 103 Å². The van der Waals surface area contributed by atoms with Crippen LogP contribution in [0.4, 0.5) is 9.59 Å². The summed E-state index contributed by atoms with van der Waals surface area (Å²) in [4.78, 5) is 46.0. The Morgan fingerprint density at radius 2 is 0.960 bits per heavy atom. The molecule has 50 heavy (non-hydrogen) atoms. The van der Waals surface area contributed by atoms with Crippen molar-refractivity contribution in [3.63, 3.8) is 0 Å². The Morgan fingerprint density at radius 1 is 0.620 bits per heavy atom. The summed E-state index contributed by atoms with van der Waals surface area (Å²) in [5.74, 6) is 2.32. The van der Waals surface area contributed by atoms with Crippen molar-refractivity contribution in [2.75, 3.05) is 0 Å². The third-order valence-electron chi connectivity index (χ3n) is 10.1. The van der Waals surface area contributed by atoms with Gasteiger partial charge in [-0.3, -0.25) is 9.80 Å². The Bertz CT molecular complexity index is 1820. The molecule has 2 aliphatic carbocycles. The topological polar surface area (TPSA) is 116 Å². The van der Waals surface area contributed by atoms with Crippen LogP contribution >= 0.6 is 23.2 Å². The van der Waals surface area contributed by atoms with E-state index in [-0.39, 0.29) is 36.4 Å². The van der Waals surface area contributed by atoms with Gasteiger partial charge >= 0.3 is 12.2 Å². The first-order chi connectivity index (χ1) is 23.6. The molecule has 6 atom stereocenters. The van der Waals surface area contributed by atoms with Gasteiger partial charge in [0.15, 0.2) is 10.3 Å². The highest BCUT2D eigenvalue weighted by Crippen LogP contribution is 2.55. The first-order valence-corrected chi connectivity index (χ1v) is 18.1. The highest BCUT2D eigenvalue weighted by Gasteiger charge is 2.57. The minimum absolute atomic E-state index is 0.190. The molecule has 0 bridgehead atoms. The predicted molar refractivity (Wildman–Crippen MR) is 192 cm³/mol. The van der Waals surface area contributed by atoms with Gasteiger partial charge in [0.1, 0.15) is 22.9 Å². The number of ether oxygens (including phenoxy) is 2. The monoisotopic (exact) mass is 716 g/mol. The lowest BCUT2D eigenvalue weighted by Gasteiger charge is -2.29. The van der Waals surface area contributed by atoms with Crippen LogP contribution in [-0.4, -0.2) is 65.2 Å². The van der Waals surface area contributed by atoms with Crippen molar-refractivity contribution in [1.29, 1.82) is 0 Å². The van der Waals surface area contributed by atoms with Gasteiger partial charge in [0.25, 0.3) is 0 Å². The molecule has 4 unspecified atom stereocenters. The summed E-state index contributed by atoms with van der Waals surface area (Å²) in [5.41, 5.74) is 4.20. The quantitative estimate of drug-likeness (QED) is 0.212. The van der Waals surface area contributed by atoms with E-state index in [1.54, 1.807) is 0 Å². The molecule has 0 radical (unpaired) electrons. The molecule has 2 aliphatic heterocycles. The number of likely N-dealkylation sites (tertiary alicyclic amines) is 2. The summed E-state index contributed by atoms with van der Waals surface area (Å²) < 4.78 is 11.4. The van der Waals surface area contributed by atoms with Crippen LogP contribution in [0.3, 0.4) is 0 Å². The van der Waals surface area contributed by atoms with Crippen molar-refractivity contribution in [3.05, 3.63) is 70.5 Å². The van der Waals surface area contributed by atoms with E-state index in [1.807, 2.05) is 75.6 Å². The van der Waals surface area contributed by atoms with E-state index in [1.165, 1.54) is 0 Å². The van der Waals surface area contributed by atoms with Crippen LogP contribution in [0.5, 0.6) is 0 Å². The molecule has 4 fully saturated rings. The number of amides is 2. The van der Waals surface area contributed by atoms with Crippen molar-refractivity contribution >= 4 is 35.4 Å². The second kappa shape index (κ2) is 11.8. The van der Waals surface area contributed by atoms with E-state index < -0.39 is 11.2 Å². The van der Waals surface area contributed by atoms with Gasteiger partial charge in [-0.25, -0.2) is 19.6 Å². The number of nitrogens with one attached hydrogen (secondary N) is 2. The summed E-state index contributed by atoms with van der Waals surface area (Å²) in [5, 5.41) is 0.753. The number of carbonyl (C=O) groups is 2. The zero-order valence-electron chi connectivity index (χ0n) is 29.1. The minimum atomic E-state index is -0.569. The average Bonchev–Trinajstić information content (AvgIpc) is 3.73. The molecule has 2 aromatic carbocycles. The van der Waals surface area contributed by atoms with Crippen LogP contribution in [0, 0.1) is 11.8 Å². The molecule has 2 saturated heterocycles. The molecule has 4 aromatic rings. The summed E-state index contributed by atoms with van der Waals surface area (Å²) >= 11 is 13.3. The lowest BCUT2D eigenvalue weighted by Crippen LogP contribution is -2.38. The zero-order valence-corrected chi connectivity index (χ0v) is 30.6. The Morgan fingerprint density at radius 3 is 1.30 bits per heavy atom. The van der Waals surface area contributed by atoms with Gasteiger partial charge in [-0.1, -0.05) is 71.7 Å². The molecular weight excluding hydrogens is 675 g/mol. The second-order valence-electron chi connectivity index (χ2n) is 16.1. The maximum Gasteiger partial charge on any atom is 0.411 e. The minimum Gasteiger partial charge on any atom is -0.444 e. The first-order valence-electron chi connectivity index (χ1n) is 17.4. The fraction of sp³-hybridized carbons (Fsp3) is 0.474. The zero-order chi connectivity index (χ0) is 35.3. The lowest BCUT2D eigenvalue weighted by atomic mass is 10.0. The summed E-state index contributed by atoms with van der Waals surface area (Å²) in [6, 6.07) is 16.3. The molecule has 4 heterocycles. The molecule has 2 amide bonds. The highest BCUT2D eigenvalue weighted by molar-refractivity contribution is 6.32. The molecule has 10 nitrogen and oxygen atoms in total. The molecule has 2 saturated carbocycles. The Hall–Kier alpha value is -4.02.